The van der Waals surface area contributed by atoms with Gasteiger partial charge in [0.25, 0.3) is 0 Å². The molecular formula is C24H25N5O3. The molecule has 3 aromatic rings. The lowest BCUT2D eigenvalue weighted by molar-refractivity contribution is -0.135. The molecule has 0 spiro atoms. The van der Waals surface area contributed by atoms with Crippen molar-refractivity contribution in [1.82, 2.24) is 14.9 Å². The Morgan fingerprint density at radius 1 is 1.09 bits per heavy atom. The third-order valence-electron chi connectivity index (χ3n) is 5.23. The number of carbonyl (C=O) groups is 2. The van der Waals surface area contributed by atoms with Crippen molar-refractivity contribution in [2.24, 2.45) is 5.10 Å². The van der Waals surface area contributed by atoms with Crippen LogP contribution >= 0.6 is 0 Å². The molecule has 4 rings (SSSR count). The fraction of sp³-hybridized carbons (Fsp3) is 0.250. The van der Waals surface area contributed by atoms with Gasteiger partial charge in [-0.3, -0.25) is 9.80 Å². The van der Waals surface area contributed by atoms with Gasteiger partial charge in [-0.1, -0.05) is 42.5 Å². The number of rotatable bonds is 8. The molecule has 0 saturated heterocycles. The van der Waals surface area contributed by atoms with E-state index in [1.54, 1.807) is 24.5 Å². The number of hydrogen-bond acceptors (Lipinski definition) is 6. The fourth-order valence-electron chi connectivity index (χ4n) is 3.63. The Morgan fingerprint density at radius 2 is 1.84 bits per heavy atom. The zero-order chi connectivity index (χ0) is 22.3. The third kappa shape index (κ3) is 4.85. The summed E-state index contributed by atoms with van der Waals surface area (Å²) in [5, 5.41) is 9.02. The van der Waals surface area contributed by atoms with Crippen molar-refractivity contribution in [3.8, 4) is 0 Å². The molecule has 1 aromatic heterocycles. The quantitative estimate of drug-likeness (QED) is 0.554. The van der Waals surface area contributed by atoms with Gasteiger partial charge < -0.3 is 14.6 Å². The zero-order valence-corrected chi connectivity index (χ0v) is 17.8. The highest BCUT2D eigenvalue weighted by molar-refractivity contribution is 6.38. The first-order valence-electron chi connectivity index (χ1n) is 10.5. The number of nitrogens with one attached hydrogen (secondary N) is 1. The molecule has 1 atom stereocenters. The van der Waals surface area contributed by atoms with Crippen LogP contribution in [0.3, 0.4) is 0 Å². The minimum absolute atomic E-state index is 0.191. The van der Waals surface area contributed by atoms with Crippen LogP contribution in [0.2, 0.25) is 0 Å². The Balaban J connectivity index is 1.48. The maximum atomic E-state index is 13.2. The van der Waals surface area contributed by atoms with Gasteiger partial charge in [0.05, 0.1) is 18.6 Å². The first kappa shape index (κ1) is 21.3. The molecule has 0 saturated carbocycles. The van der Waals surface area contributed by atoms with Crippen LogP contribution in [0.5, 0.6) is 0 Å². The normalized spacial score (nSPS) is 15.3. The predicted octanol–water partition coefficient (Wildman–Crippen LogP) is 2.75. The van der Waals surface area contributed by atoms with E-state index in [9.17, 15) is 9.59 Å². The minimum Gasteiger partial charge on any atom is -0.461 e. The Bertz CT molecular complexity index is 1100. The summed E-state index contributed by atoms with van der Waals surface area (Å²) in [5.41, 5.74) is 3.11. The molecule has 1 aliphatic heterocycles. The number of imidazole rings is 1. The van der Waals surface area contributed by atoms with Gasteiger partial charge in [0.1, 0.15) is 11.8 Å². The van der Waals surface area contributed by atoms with Gasteiger partial charge in [-0.2, -0.15) is 5.10 Å². The summed E-state index contributed by atoms with van der Waals surface area (Å²) in [6, 6.07) is 16.7. The van der Waals surface area contributed by atoms with Crippen molar-refractivity contribution >= 4 is 23.3 Å². The van der Waals surface area contributed by atoms with Crippen LogP contribution in [0, 0.1) is 0 Å². The Labute approximate surface area is 186 Å². The topological polar surface area (TPSA) is 88.8 Å². The summed E-state index contributed by atoms with van der Waals surface area (Å²) >= 11 is 0. The van der Waals surface area contributed by atoms with Crippen LogP contribution in [0.15, 0.2) is 78.4 Å². The second-order valence-corrected chi connectivity index (χ2v) is 7.39. The summed E-state index contributed by atoms with van der Waals surface area (Å²) in [6.45, 7) is 3.04. The van der Waals surface area contributed by atoms with Gasteiger partial charge in [0.15, 0.2) is 0 Å². The van der Waals surface area contributed by atoms with E-state index in [1.807, 2.05) is 65.4 Å². The third-order valence-corrected chi connectivity index (χ3v) is 5.23. The number of esters is 1. The average molecular weight is 431 g/mol. The largest absolute Gasteiger partial charge is 0.461 e. The highest BCUT2D eigenvalue weighted by atomic mass is 16.5. The van der Waals surface area contributed by atoms with Gasteiger partial charge in [0, 0.05) is 31.9 Å². The van der Waals surface area contributed by atoms with E-state index in [-0.39, 0.29) is 24.6 Å². The molecule has 8 heteroatoms. The average Bonchev–Trinajstić information content (AvgIpc) is 3.49. The Hall–Kier alpha value is -3.94. The first-order chi connectivity index (χ1) is 15.7. The molecule has 0 fully saturated rings. The second-order valence-electron chi connectivity index (χ2n) is 7.39. The summed E-state index contributed by atoms with van der Waals surface area (Å²) in [6.07, 6.45) is 5.60. The van der Waals surface area contributed by atoms with E-state index >= 15 is 0 Å². The van der Waals surface area contributed by atoms with E-state index in [2.05, 4.69) is 15.4 Å². The van der Waals surface area contributed by atoms with Crippen molar-refractivity contribution in [3.05, 3.63) is 84.4 Å². The Kier molecular flexibility index (Phi) is 6.60. The van der Waals surface area contributed by atoms with Crippen LogP contribution in [0.25, 0.3) is 0 Å². The minimum atomic E-state index is -0.627. The van der Waals surface area contributed by atoms with Crippen molar-refractivity contribution in [3.63, 3.8) is 0 Å². The molecule has 1 aliphatic rings. The molecule has 0 aliphatic carbocycles. The number of carbonyl (C=O) groups excluding carboxylic acids is 2. The maximum Gasteiger partial charge on any atom is 0.354 e. The van der Waals surface area contributed by atoms with E-state index in [0.29, 0.717) is 13.1 Å². The molecule has 164 valence electrons. The summed E-state index contributed by atoms with van der Waals surface area (Å²) in [4.78, 5) is 29.5. The summed E-state index contributed by atoms with van der Waals surface area (Å²) < 4.78 is 7.08. The molecule has 1 unspecified atom stereocenters. The van der Waals surface area contributed by atoms with Crippen molar-refractivity contribution in [1.29, 1.82) is 0 Å². The molecular weight excluding hydrogens is 406 g/mol. The molecule has 8 nitrogen and oxygen atoms in total. The van der Waals surface area contributed by atoms with Gasteiger partial charge in [0.2, 0.25) is 5.91 Å². The number of amides is 1. The monoisotopic (exact) mass is 431 g/mol. The number of ether oxygens (including phenoxy) is 1. The van der Waals surface area contributed by atoms with Crippen molar-refractivity contribution in [2.75, 3.05) is 11.6 Å². The van der Waals surface area contributed by atoms with Crippen LogP contribution < -0.4 is 10.3 Å². The fourth-order valence-corrected chi connectivity index (χ4v) is 3.63. The lowest BCUT2D eigenvalue weighted by Crippen LogP contribution is -2.42. The molecule has 2 aromatic carbocycles. The number of aromatic nitrogens is 2. The van der Waals surface area contributed by atoms with E-state index in [4.69, 9.17) is 4.74 Å². The smallest absolute Gasteiger partial charge is 0.354 e. The number of benzene rings is 2. The van der Waals surface area contributed by atoms with Gasteiger partial charge in [-0.15, -0.1) is 0 Å². The highest BCUT2D eigenvalue weighted by Crippen LogP contribution is 2.25. The Morgan fingerprint density at radius 3 is 2.56 bits per heavy atom. The standard InChI is InChI=1S/C24H25N5O3/c1-2-32-24(31)21-14-22(29(27-21)20-10-4-3-5-11-20)23(30)26-15-18-8-6-7-9-19(18)16-28-13-12-25-17-28/h3-13,17,22H,2,14-16H2,1H3,(H,26,30). The van der Waals surface area contributed by atoms with Gasteiger partial charge in [-0.05, 0) is 30.2 Å². The molecule has 0 bridgehead atoms. The van der Waals surface area contributed by atoms with E-state index < -0.39 is 12.0 Å². The zero-order valence-electron chi connectivity index (χ0n) is 17.8. The molecule has 0 radical (unpaired) electrons. The molecule has 32 heavy (non-hydrogen) atoms. The number of anilines is 1. The second kappa shape index (κ2) is 9.91. The van der Waals surface area contributed by atoms with Crippen molar-refractivity contribution in [2.45, 2.75) is 32.5 Å². The molecule has 1 amide bonds. The summed E-state index contributed by atoms with van der Waals surface area (Å²) in [5.74, 6) is -0.691. The van der Waals surface area contributed by atoms with E-state index in [1.165, 1.54) is 0 Å². The van der Waals surface area contributed by atoms with Crippen molar-refractivity contribution < 1.29 is 14.3 Å². The number of hydrogen-bond donors (Lipinski definition) is 1. The van der Waals surface area contributed by atoms with Crippen LogP contribution in [-0.4, -0.2) is 39.8 Å². The SMILES string of the molecule is CCOC(=O)C1=NN(c2ccccc2)C(C(=O)NCc2ccccc2Cn2ccnc2)C1. The lowest BCUT2D eigenvalue weighted by atomic mass is 10.1. The first-order valence-corrected chi connectivity index (χ1v) is 10.5. The van der Waals surface area contributed by atoms with Gasteiger partial charge in [-0.25, -0.2) is 9.78 Å². The van der Waals surface area contributed by atoms with Crippen LogP contribution in [0.4, 0.5) is 5.69 Å². The summed E-state index contributed by atoms with van der Waals surface area (Å²) in [7, 11) is 0. The van der Waals surface area contributed by atoms with E-state index in [0.717, 1.165) is 16.8 Å². The van der Waals surface area contributed by atoms with Crippen LogP contribution in [-0.2, 0) is 27.4 Å². The van der Waals surface area contributed by atoms with Gasteiger partial charge >= 0.3 is 5.97 Å². The van der Waals surface area contributed by atoms with Crippen LogP contribution in [0.1, 0.15) is 24.5 Å². The molecule has 1 N–H and O–H groups in total. The predicted molar refractivity (Wildman–Crippen MR) is 121 cm³/mol. The number of hydrazone groups is 1. The lowest BCUT2D eigenvalue weighted by Gasteiger charge is -2.23. The highest BCUT2D eigenvalue weighted by Gasteiger charge is 2.36. The number of para-hydroxylation sites is 1. The number of nitrogens with zero attached hydrogens (tertiary/aromatic N) is 4. The maximum absolute atomic E-state index is 13.2. The molecule has 2 heterocycles.